The summed E-state index contributed by atoms with van der Waals surface area (Å²) in [4.78, 5) is 25.6. The number of nitrogens with zero attached hydrogens (tertiary/aromatic N) is 1. The van der Waals surface area contributed by atoms with Crippen LogP contribution in [0.15, 0.2) is 15.9 Å². The number of thiophene rings is 1. The van der Waals surface area contributed by atoms with Gasteiger partial charge in [0, 0.05) is 11.0 Å². The van der Waals surface area contributed by atoms with Crippen molar-refractivity contribution >= 4 is 39.1 Å². The lowest BCUT2D eigenvalue weighted by Crippen LogP contribution is -2.54. The van der Waals surface area contributed by atoms with Gasteiger partial charge in [0.05, 0.1) is 13.2 Å². The number of hydrogen-bond donors (Lipinski definition) is 1. The van der Waals surface area contributed by atoms with E-state index in [2.05, 4.69) is 15.9 Å². The Morgan fingerprint density at radius 1 is 1.59 bits per heavy atom. The van der Waals surface area contributed by atoms with Gasteiger partial charge in [-0.2, -0.15) is 0 Å². The molecule has 2 N–H and O–H groups in total. The molecule has 1 atom stereocenters. The van der Waals surface area contributed by atoms with E-state index in [9.17, 15) is 9.59 Å². The largest absolute Gasteiger partial charge is 0.377 e. The molecule has 2 heterocycles. The van der Waals surface area contributed by atoms with Crippen LogP contribution in [0.25, 0.3) is 0 Å². The third-order valence-corrected chi connectivity index (χ3v) is 4.35. The molecule has 0 spiro atoms. The molecule has 1 aromatic heterocycles. The second-order valence-corrected chi connectivity index (χ2v) is 5.36. The number of amides is 2. The molecule has 2 amide bonds. The average molecular weight is 319 g/mol. The number of carbonyl (C=O) groups is 2. The normalized spacial score (nSPS) is 20.3. The number of halogens is 1. The van der Waals surface area contributed by atoms with Crippen LogP contribution < -0.4 is 5.73 Å². The van der Waals surface area contributed by atoms with E-state index in [1.54, 1.807) is 6.07 Å². The van der Waals surface area contributed by atoms with Gasteiger partial charge in [0.2, 0.25) is 5.91 Å². The fourth-order valence-electron chi connectivity index (χ4n) is 1.66. The van der Waals surface area contributed by atoms with Crippen LogP contribution in [0.5, 0.6) is 0 Å². The second-order valence-electron chi connectivity index (χ2n) is 3.59. The number of nitrogens with two attached hydrogens (primary N) is 1. The Bertz CT molecular complexity index is 449. The van der Waals surface area contributed by atoms with Crippen LogP contribution in [0.1, 0.15) is 9.67 Å². The van der Waals surface area contributed by atoms with E-state index in [1.807, 2.05) is 5.38 Å². The highest BCUT2D eigenvalue weighted by Gasteiger charge is 2.33. The maximum Gasteiger partial charge on any atom is 0.265 e. The minimum atomic E-state index is -0.676. The van der Waals surface area contributed by atoms with Gasteiger partial charge in [-0.25, -0.2) is 0 Å². The first-order valence-electron chi connectivity index (χ1n) is 5.02. The minimum absolute atomic E-state index is 0.171. The van der Waals surface area contributed by atoms with Crippen molar-refractivity contribution in [1.29, 1.82) is 0 Å². The molecular weight excluding hydrogens is 308 g/mol. The lowest BCUT2D eigenvalue weighted by Gasteiger charge is -2.33. The Hall–Kier alpha value is -0.920. The van der Waals surface area contributed by atoms with E-state index in [4.69, 9.17) is 10.5 Å². The molecule has 0 bridgehead atoms. The van der Waals surface area contributed by atoms with Crippen LogP contribution in [0, 0.1) is 0 Å². The maximum atomic E-state index is 12.2. The Balaban J connectivity index is 2.23. The lowest BCUT2D eigenvalue weighted by molar-refractivity contribution is -0.127. The fourth-order valence-corrected chi connectivity index (χ4v) is 3.16. The topological polar surface area (TPSA) is 72.6 Å². The first-order chi connectivity index (χ1) is 8.11. The molecule has 2 rings (SSSR count). The first-order valence-corrected chi connectivity index (χ1v) is 6.69. The Morgan fingerprint density at radius 3 is 2.94 bits per heavy atom. The van der Waals surface area contributed by atoms with Crippen molar-refractivity contribution in [3.63, 3.8) is 0 Å². The minimum Gasteiger partial charge on any atom is -0.377 e. The summed E-state index contributed by atoms with van der Waals surface area (Å²) < 4.78 is 5.91. The summed E-state index contributed by atoms with van der Waals surface area (Å²) in [5, 5.41) is 1.82. The zero-order chi connectivity index (χ0) is 12.4. The Morgan fingerprint density at radius 2 is 2.35 bits per heavy atom. The first kappa shape index (κ1) is 12.5. The SMILES string of the molecule is NC(=O)C1COCCN1C(=O)c1sccc1Br. The molecule has 1 saturated heterocycles. The van der Waals surface area contributed by atoms with Crippen LogP contribution in [-0.4, -0.2) is 42.5 Å². The summed E-state index contributed by atoms with van der Waals surface area (Å²) >= 11 is 4.64. The van der Waals surface area contributed by atoms with Crippen LogP contribution in [-0.2, 0) is 9.53 Å². The van der Waals surface area contributed by atoms with Crippen LogP contribution in [0.4, 0.5) is 0 Å². The highest BCUT2D eigenvalue weighted by molar-refractivity contribution is 9.10. The zero-order valence-electron chi connectivity index (χ0n) is 8.89. The van der Waals surface area contributed by atoms with E-state index in [1.165, 1.54) is 16.2 Å². The van der Waals surface area contributed by atoms with Crippen LogP contribution in [0.3, 0.4) is 0 Å². The average Bonchev–Trinajstić information content (AvgIpc) is 2.74. The number of ether oxygens (including phenoxy) is 1. The molecule has 92 valence electrons. The van der Waals surface area contributed by atoms with Crippen molar-refractivity contribution in [3.8, 4) is 0 Å². The Labute approximate surface area is 111 Å². The number of primary amides is 1. The van der Waals surface area contributed by atoms with Gasteiger partial charge < -0.3 is 15.4 Å². The van der Waals surface area contributed by atoms with Gasteiger partial charge in [-0.3, -0.25) is 9.59 Å². The van der Waals surface area contributed by atoms with Crippen molar-refractivity contribution in [2.45, 2.75) is 6.04 Å². The summed E-state index contributed by atoms with van der Waals surface area (Å²) in [5.74, 6) is -0.718. The quantitative estimate of drug-likeness (QED) is 0.878. The molecule has 5 nitrogen and oxygen atoms in total. The molecule has 1 aliphatic rings. The van der Waals surface area contributed by atoms with E-state index in [0.717, 1.165) is 4.47 Å². The lowest BCUT2D eigenvalue weighted by atomic mass is 10.2. The summed E-state index contributed by atoms with van der Waals surface area (Å²) in [6.07, 6.45) is 0. The molecule has 0 aromatic carbocycles. The molecule has 1 unspecified atom stereocenters. The monoisotopic (exact) mass is 318 g/mol. The molecule has 17 heavy (non-hydrogen) atoms. The van der Waals surface area contributed by atoms with Crippen LogP contribution in [0.2, 0.25) is 0 Å². The van der Waals surface area contributed by atoms with E-state index in [-0.39, 0.29) is 12.5 Å². The van der Waals surface area contributed by atoms with Gasteiger partial charge in [-0.05, 0) is 27.4 Å². The maximum absolute atomic E-state index is 12.2. The Kier molecular flexibility index (Phi) is 3.80. The van der Waals surface area contributed by atoms with Crippen molar-refractivity contribution < 1.29 is 14.3 Å². The van der Waals surface area contributed by atoms with Crippen LogP contribution >= 0.6 is 27.3 Å². The highest BCUT2D eigenvalue weighted by Crippen LogP contribution is 2.25. The van der Waals surface area contributed by atoms with Crippen molar-refractivity contribution in [2.75, 3.05) is 19.8 Å². The van der Waals surface area contributed by atoms with E-state index < -0.39 is 11.9 Å². The molecule has 0 aliphatic carbocycles. The van der Waals surface area contributed by atoms with Gasteiger partial charge >= 0.3 is 0 Å². The number of hydrogen-bond acceptors (Lipinski definition) is 4. The third kappa shape index (κ3) is 2.51. The molecule has 1 fully saturated rings. The molecule has 7 heteroatoms. The smallest absolute Gasteiger partial charge is 0.265 e. The summed E-state index contributed by atoms with van der Waals surface area (Å²) in [7, 11) is 0. The molecule has 1 aliphatic heterocycles. The number of carbonyl (C=O) groups excluding carboxylic acids is 2. The molecule has 1 aromatic rings. The van der Waals surface area contributed by atoms with Crippen molar-refractivity contribution in [2.24, 2.45) is 5.73 Å². The predicted octanol–water partition coefficient (Wildman–Crippen LogP) is 0.837. The fraction of sp³-hybridized carbons (Fsp3) is 0.400. The van der Waals surface area contributed by atoms with Crippen molar-refractivity contribution in [3.05, 3.63) is 20.8 Å². The second kappa shape index (κ2) is 5.16. The van der Waals surface area contributed by atoms with Gasteiger partial charge in [0.1, 0.15) is 10.9 Å². The third-order valence-electron chi connectivity index (χ3n) is 2.53. The van der Waals surface area contributed by atoms with Gasteiger partial charge in [0.25, 0.3) is 5.91 Å². The van der Waals surface area contributed by atoms with Gasteiger partial charge in [-0.1, -0.05) is 0 Å². The summed E-state index contributed by atoms with van der Waals surface area (Å²) in [6, 6.07) is 1.13. The molecule has 0 saturated carbocycles. The standard InChI is InChI=1S/C10H11BrN2O3S/c11-6-1-4-17-8(6)10(15)13-2-3-16-5-7(13)9(12)14/h1,4,7H,2-3,5H2,(H2,12,14). The van der Waals surface area contributed by atoms with Gasteiger partial charge in [0.15, 0.2) is 0 Å². The molecule has 0 radical (unpaired) electrons. The van der Waals surface area contributed by atoms with E-state index in [0.29, 0.717) is 18.0 Å². The highest BCUT2D eigenvalue weighted by atomic mass is 79.9. The number of rotatable bonds is 2. The zero-order valence-corrected chi connectivity index (χ0v) is 11.3. The van der Waals surface area contributed by atoms with Crippen molar-refractivity contribution in [1.82, 2.24) is 4.90 Å². The summed E-state index contributed by atoms with van der Waals surface area (Å²) in [6.45, 7) is 0.985. The molecular formula is C10H11BrN2O3S. The van der Waals surface area contributed by atoms with Gasteiger partial charge in [-0.15, -0.1) is 11.3 Å². The number of morpholine rings is 1. The summed E-state index contributed by atoms with van der Waals surface area (Å²) in [5.41, 5.74) is 5.27. The van der Waals surface area contributed by atoms with E-state index >= 15 is 0 Å². The predicted molar refractivity (Wildman–Crippen MR) is 66.9 cm³/mol.